The van der Waals surface area contributed by atoms with Gasteiger partial charge >= 0.3 is 5.76 Å². The quantitative estimate of drug-likeness (QED) is 0.790. The van der Waals surface area contributed by atoms with E-state index in [1.807, 2.05) is 35.2 Å². The van der Waals surface area contributed by atoms with Crippen LogP contribution in [0.2, 0.25) is 0 Å². The van der Waals surface area contributed by atoms with Gasteiger partial charge in [-0.15, -0.1) is 0 Å². The molecule has 25 heavy (non-hydrogen) atoms. The highest BCUT2D eigenvalue weighted by Crippen LogP contribution is 2.18. The lowest BCUT2D eigenvalue weighted by molar-refractivity contribution is 0.0736. The summed E-state index contributed by atoms with van der Waals surface area (Å²) in [6.45, 7) is 3.41. The first kappa shape index (κ1) is 15.7. The van der Waals surface area contributed by atoms with E-state index in [-0.39, 0.29) is 5.91 Å². The highest BCUT2D eigenvalue weighted by Gasteiger charge is 2.19. The van der Waals surface area contributed by atoms with Crippen LogP contribution in [0.4, 0.5) is 0 Å². The average molecular weight is 337 g/mol. The number of nitrogens with zero attached hydrogens (tertiary/aromatic N) is 2. The number of carbonyl (C=O) groups is 1. The molecule has 0 aliphatic carbocycles. The fourth-order valence-corrected chi connectivity index (χ4v) is 3.16. The fraction of sp³-hybridized carbons (Fsp3) is 0.263. The van der Waals surface area contributed by atoms with Crippen LogP contribution in [0.3, 0.4) is 0 Å². The summed E-state index contributed by atoms with van der Waals surface area (Å²) in [6, 6.07) is 14.9. The third-order valence-corrected chi connectivity index (χ3v) is 4.50. The third-order valence-electron chi connectivity index (χ3n) is 4.50. The normalized spacial score (nSPS) is 14.8. The van der Waals surface area contributed by atoms with E-state index in [4.69, 9.17) is 4.42 Å². The molecule has 1 aliphatic rings. The highest BCUT2D eigenvalue weighted by atomic mass is 16.4. The molecule has 0 saturated carbocycles. The summed E-state index contributed by atoms with van der Waals surface area (Å²) in [7, 11) is 0. The molecule has 1 aromatic heterocycles. The van der Waals surface area contributed by atoms with Gasteiger partial charge in [0.05, 0.1) is 12.1 Å². The summed E-state index contributed by atoms with van der Waals surface area (Å²) in [5.41, 5.74) is 2.73. The Bertz CT molecular complexity index is 953. The maximum absolute atomic E-state index is 12.7. The van der Waals surface area contributed by atoms with Crippen LogP contribution in [0.5, 0.6) is 0 Å². The van der Waals surface area contributed by atoms with Gasteiger partial charge in [-0.1, -0.05) is 30.3 Å². The van der Waals surface area contributed by atoms with Gasteiger partial charge in [0.1, 0.15) is 0 Å². The first-order valence-electron chi connectivity index (χ1n) is 8.40. The van der Waals surface area contributed by atoms with Gasteiger partial charge in [-0.3, -0.25) is 9.36 Å². The lowest BCUT2D eigenvalue weighted by Gasteiger charge is -2.27. The zero-order valence-corrected chi connectivity index (χ0v) is 13.8. The monoisotopic (exact) mass is 337 g/mol. The summed E-state index contributed by atoms with van der Waals surface area (Å²) in [5, 5.41) is 3.24. The minimum atomic E-state index is -0.411. The molecule has 2 aromatic carbocycles. The van der Waals surface area contributed by atoms with Crippen LogP contribution in [0.25, 0.3) is 11.1 Å². The molecule has 0 bridgehead atoms. The number of fused-ring (bicyclic) bond motifs is 1. The van der Waals surface area contributed by atoms with E-state index < -0.39 is 5.76 Å². The average Bonchev–Trinajstić information content (AvgIpc) is 2.97. The molecule has 1 aliphatic heterocycles. The fourth-order valence-electron chi connectivity index (χ4n) is 3.16. The number of benzene rings is 2. The minimum absolute atomic E-state index is 0.0108. The Morgan fingerprint density at radius 1 is 1.08 bits per heavy atom. The molecule has 6 nitrogen and oxygen atoms in total. The zero-order chi connectivity index (χ0) is 17.2. The van der Waals surface area contributed by atoms with Crippen LogP contribution in [0.1, 0.15) is 15.9 Å². The molecule has 1 amide bonds. The Kier molecular flexibility index (Phi) is 4.11. The Hall–Kier alpha value is -2.86. The second-order valence-electron chi connectivity index (χ2n) is 6.16. The highest BCUT2D eigenvalue weighted by molar-refractivity contribution is 5.97. The van der Waals surface area contributed by atoms with E-state index in [0.717, 1.165) is 18.7 Å². The summed E-state index contributed by atoms with van der Waals surface area (Å²) >= 11 is 0. The van der Waals surface area contributed by atoms with E-state index in [2.05, 4.69) is 5.32 Å². The molecule has 1 N–H and O–H groups in total. The van der Waals surface area contributed by atoms with E-state index in [1.165, 1.54) is 0 Å². The number of oxazole rings is 1. The molecular formula is C19H19N3O3. The number of hydrogen-bond acceptors (Lipinski definition) is 4. The van der Waals surface area contributed by atoms with Crippen molar-refractivity contribution in [2.75, 3.05) is 26.2 Å². The molecule has 4 rings (SSSR count). The van der Waals surface area contributed by atoms with Gasteiger partial charge in [0.25, 0.3) is 5.91 Å². The predicted octanol–water partition coefficient (Wildman–Crippen LogP) is 1.69. The van der Waals surface area contributed by atoms with Crippen molar-refractivity contribution in [2.45, 2.75) is 6.54 Å². The molecule has 0 unspecified atom stereocenters. The molecule has 0 atom stereocenters. The zero-order valence-electron chi connectivity index (χ0n) is 13.8. The van der Waals surface area contributed by atoms with Crippen LogP contribution >= 0.6 is 0 Å². The standard InChI is InChI=1S/C19H19N3O3/c23-18(21-10-8-20-9-11-21)15-6-7-17-16(12-15)22(19(24)25-17)13-14-4-2-1-3-5-14/h1-7,12,20H,8-11,13H2. The number of piperazine rings is 1. The van der Waals surface area contributed by atoms with Gasteiger partial charge in [-0.25, -0.2) is 4.79 Å². The number of hydrogen-bond donors (Lipinski definition) is 1. The Morgan fingerprint density at radius 3 is 2.60 bits per heavy atom. The summed E-state index contributed by atoms with van der Waals surface area (Å²) in [6.07, 6.45) is 0. The molecule has 3 aromatic rings. The lowest BCUT2D eigenvalue weighted by atomic mass is 10.1. The maximum Gasteiger partial charge on any atom is 0.420 e. The first-order chi connectivity index (χ1) is 12.2. The molecule has 0 spiro atoms. The third kappa shape index (κ3) is 3.08. The lowest BCUT2D eigenvalue weighted by Crippen LogP contribution is -2.46. The molecule has 128 valence electrons. The van der Waals surface area contributed by atoms with Crippen molar-refractivity contribution in [1.29, 1.82) is 0 Å². The SMILES string of the molecule is O=C(c1ccc2oc(=O)n(Cc3ccccc3)c2c1)N1CCNCC1. The van der Waals surface area contributed by atoms with Gasteiger partial charge in [-0.05, 0) is 23.8 Å². The minimum Gasteiger partial charge on any atom is -0.408 e. The summed E-state index contributed by atoms with van der Waals surface area (Å²) in [4.78, 5) is 26.7. The molecule has 0 radical (unpaired) electrons. The smallest absolute Gasteiger partial charge is 0.408 e. The van der Waals surface area contributed by atoms with E-state index in [1.54, 1.807) is 22.8 Å². The van der Waals surface area contributed by atoms with Gasteiger partial charge < -0.3 is 14.6 Å². The Labute approximate surface area is 144 Å². The van der Waals surface area contributed by atoms with Crippen molar-refractivity contribution >= 4 is 17.0 Å². The Balaban J connectivity index is 1.70. The van der Waals surface area contributed by atoms with Crippen molar-refractivity contribution < 1.29 is 9.21 Å². The van der Waals surface area contributed by atoms with Crippen LogP contribution in [0.15, 0.2) is 57.7 Å². The second kappa shape index (κ2) is 6.57. The van der Waals surface area contributed by atoms with Crippen LogP contribution in [0, 0.1) is 0 Å². The van der Waals surface area contributed by atoms with Crippen molar-refractivity contribution in [1.82, 2.24) is 14.8 Å². The summed E-state index contributed by atoms with van der Waals surface area (Å²) in [5.74, 6) is -0.422. The number of nitrogens with one attached hydrogen (secondary N) is 1. The van der Waals surface area contributed by atoms with Gasteiger partial charge in [0.2, 0.25) is 0 Å². The van der Waals surface area contributed by atoms with Crippen molar-refractivity contribution in [3.63, 3.8) is 0 Å². The maximum atomic E-state index is 12.7. The molecule has 6 heteroatoms. The molecule has 1 saturated heterocycles. The molecular weight excluding hydrogens is 318 g/mol. The van der Waals surface area contributed by atoms with Crippen LogP contribution in [-0.4, -0.2) is 41.6 Å². The van der Waals surface area contributed by atoms with E-state index in [9.17, 15) is 9.59 Å². The van der Waals surface area contributed by atoms with Gasteiger partial charge in [0, 0.05) is 31.7 Å². The number of rotatable bonds is 3. The van der Waals surface area contributed by atoms with Crippen LogP contribution < -0.4 is 11.1 Å². The van der Waals surface area contributed by atoms with Gasteiger partial charge in [0.15, 0.2) is 5.58 Å². The number of amides is 1. The van der Waals surface area contributed by atoms with E-state index in [0.29, 0.717) is 36.3 Å². The van der Waals surface area contributed by atoms with Crippen molar-refractivity contribution in [3.8, 4) is 0 Å². The number of aromatic nitrogens is 1. The first-order valence-corrected chi connectivity index (χ1v) is 8.40. The van der Waals surface area contributed by atoms with E-state index >= 15 is 0 Å². The van der Waals surface area contributed by atoms with Crippen molar-refractivity contribution in [3.05, 3.63) is 70.2 Å². The van der Waals surface area contributed by atoms with Crippen molar-refractivity contribution in [2.24, 2.45) is 0 Å². The second-order valence-corrected chi connectivity index (χ2v) is 6.16. The van der Waals surface area contributed by atoms with Gasteiger partial charge in [-0.2, -0.15) is 0 Å². The van der Waals surface area contributed by atoms with Crippen LogP contribution in [-0.2, 0) is 6.54 Å². The Morgan fingerprint density at radius 2 is 1.84 bits per heavy atom. The number of carbonyl (C=O) groups excluding carboxylic acids is 1. The largest absolute Gasteiger partial charge is 0.420 e. The molecule has 2 heterocycles. The predicted molar refractivity (Wildman–Crippen MR) is 94.8 cm³/mol. The topological polar surface area (TPSA) is 67.5 Å². The summed E-state index contributed by atoms with van der Waals surface area (Å²) < 4.78 is 6.89. The molecule has 1 fully saturated rings.